The Morgan fingerprint density at radius 3 is 2.68 bits per heavy atom. The van der Waals surface area contributed by atoms with E-state index in [1.165, 1.54) is 6.07 Å². The molecule has 2 aromatic rings. The molecular weight excluding hydrogens is 385 g/mol. The average molecular weight is 411 g/mol. The molecule has 3 rings (SSSR count). The number of carbonyl (C=O) groups is 1. The third-order valence-electron chi connectivity index (χ3n) is 5.03. The molecule has 1 aliphatic rings. The summed E-state index contributed by atoms with van der Waals surface area (Å²) in [5.41, 5.74) is -0.284. The lowest BCUT2D eigenvalue weighted by Crippen LogP contribution is -2.35. The highest BCUT2D eigenvalue weighted by atomic mass is 32.2. The van der Waals surface area contributed by atoms with Gasteiger partial charge in [0.15, 0.2) is 0 Å². The lowest BCUT2D eigenvalue weighted by atomic mass is 10.1. The number of likely N-dealkylation sites (tertiary alicyclic amines) is 1. The van der Waals surface area contributed by atoms with Crippen LogP contribution in [0.3, 0.4) is 0 Å². The molecule has 0 radical (unpaired) electrons. The first-order chi connectivity index (χ1) is 13.4. The van der Waals surface area contributed by atoms with Gasteiger partial charge in [-0.1, -0.05) is 18.9 Å². The fraction of sp³-hybridized carbons (Fsp3) is 0.524. The van der Waals surface area contributed by atoms with E-state index < -0.39 is 11.7 Å². The van der Waals surface area contributed by atoms with Crippen molar-refractivity contribution in [2.75, 3.05) is 18.8 Å². The highest BCUT2D eigenvalue weighted by molar-refractivity contribution is 7.99. The first kappa shape index (κ1) is 21.0. The second-order valence-corrected chi connectivity index (χ2v) is 8.28. The predicted octanol–water partition coefficient (Wildman–Crippen LogP) is 5.92. The summed E-state index contributed by atoms with van der Waals surface area (Å²) < 4.78 is 38.6. The van der Waals surface area contributed by atoms with Crippen molar-refractivity contribution in [3.8, 4) is 0 Å². The summed E-state index contributed by atoms with van der Waals surface area (Å²) in [5, 5.41) is 0.768. The molecule has 3 nitrogen and oxygen atoms in total. The van der Waals surface area contributed by atoms with Crippen LogP contribution in [-0.2, 0) is 11.0 Å². The minimum Gasteiger partial charge on any atom is -0.343 e. The van der Waals surface area contributed by atoms with Crippen LogP contribution >= 0.6 is 11.8 Å². The summed E-state index contributed by atoms with van der Waals surface area (Å²) >= 11 is 1.66. The van der Waals surface area contributed by atoms with Crippen molar-refractivity contribution in [1.82, 2.24) is 9.88 Å². The lowest BCUT2D eigenvalue weighted by molar-refractivity contribution is -0.137. The number of rotatable bonds is 8. The third-order valence-corrected chi connectivity index (χ3v) is 6.19. The smallest absolute Gasteiger partial charge is 0.343 e. The molecule has 1 aliphatic heterocycles. The first-order valence-corrected chi connectivity index (χ1v) is 10.8. The number of alkyl halides is 3. The summed E-state index contributed by atoms with van der Waals surface area (Å²) in [4.78, 5) is 18.8. The maximum atomic E-state index is 12.9. The SMILES string of the molecule is O=C1CCCCN1CCCCCCSc1ccnc2cc(C(F)(F)F)ccc12. The first-order valence-electron chi connectivity index (χ1n) is 9.82. The molecule has 0 atom stereocenters. The predicted molar refractivity (Wildman–Crippen MR) is 106 cm³/mol. The third kappa shape index (κ3) is 5.63. The molecule has 7 heteroatoms. The van der Waals surface area contributed by atoms with Gasteiger partial charge < -0.3 is 4.90 Å². The number of aromatic nitrogens is 1. The van der Waals surface area contributed by atoms with Crippen molar-refractivity contribution in [2.45, 2.75) is 56.0 Å². The van der Waals surface area contributed by atoms with Crippen LogP contribution in [0.1, 0.15) is 50.5 Å². The molecule has 1 aromatic heterocycles. The van der Waals surface area contributed by atoms with Gasteiger partial charge in [0.2, 0.25) is 5.91 Å². The van der Waals surface area contributed by atoms with Gasteiger partial charge >= 0.3 is 6.18 Å². The Kier molecular flexibility index (Phi) is 7.21. The molecular formula is C21H25F3N2OS. The number of piperidine rings is 1. The number of thioether (sulfide) groups is 1. The van der Waals surface area contributed by atoms with Gasteiger partial charge in [0.05, 0.1) is 11.1 Å². The number of carbonyl (C=O) groups excluding carboxylic acids is 1. The van der Waals surface area contributed by atoms with Gasteiger partial charge in [-0.15, -0.1) is 11.8 Å². The number of halogens is 3. The highest BCUT2D eigenvalue weighted by Gasteiger charge is 2.30. The standard InChI is InChI=1S/C21H25F3N2OS/c22-21(23,24)16-8-9-17-18(15-16)25-11-10-19(17)28-14-6-2-1-4-12-26-13-5-3-7-20(26)27/h8-11,15H,1-7,12-14H2. The highest BCUT2D eigenvalue weighted by Crippen LogP contribution is 2.33. The van der Waals surface area contributed by atoms with Crippen LogP contribution in [0.2, 0.25) is 0 Å². The Morgan fingerprint density at radius 1 is 1.07 bits per heavy atom. The second-order valence-electron chi connectivity index (χ2n) is 7.14. The number of pyridine rings is 1. The molecule has 1 saturated heterocycles. The minimum atomic E-state index is -4.35. The Bertz CT molecular complexity index is 810. The molecule has 1 amide bonds. The zero-order valence-corrected chi connectivity index (χ0v) is 16.6. The summed E-state index contributed by atoms with van der Waals surface area (Å²) in [6, 6.07) is 5.61. The number of benzene rings is 1. The number of nitrogens with zero attached hydrogens (tertiary/aromatic N) is 2. The zero-order chi connectivity index (χ0) is 20.0. The Labute approximate surface area is 167 Å². The van der Waals surface area contributed by atoms with Crippen LogP contribution in [-0.4, -0.2) is 34.6 Å². The second kappa shape index (κ2) is 9.63. The van der Waals surface area contributed by atoms with Gasteiger partial charge in [0.25, 0.3) is 0 Å². The Hall–Kier alpha value is -1.76. The van der Waals surface area contributed by atoms with Crippen molar-refractivity contribution < 1.29 is 18.0 Å². The zero-order valence-electron chi connectivity index (χ0n) is 15.8. The van der Waals surface area contributed by atoms with Crippen molar-refractivity contribution in [3.63, 3.8) is 0 Å². The van der Waals surface area contributed by atoms with Crippen LogP contribution in [0.15, 0.2) is 35.4 Å². The van der Waals surface area contributed by atoms with E-state index in [0.717, 1.165) is 79.8 Å². The van der Waals surface area contributed by atoms with Gasteiger partial charge in [-0.05, 0) is 49.6 Å². The van der Waals surface area contributed by atoms with Crippen LogP contribution in [0, 0.1) is 0 Å². The van der Waals surface area contributed by atoms with Gasteiger partial charge in [-0.3, -0.25) is 9.78 Å². The molecule has 28 heavy (non-hydrogen) atoms. The van der Waals surface area contributed by atoms with E-state index in [1.54, 1.807) is 18.0 Å². The summed E-state index contributed by atoms with van der Waals surface area (Å²) in [6.07, 6.45) is 4.32. The number of hydrogen-bond acceptors (Lipinski definition) is 3. The van der Waals surface area contributed by atoms with Crippen LogP contribution < -0.4 is 0 Å². The molecule has 1 aromatic carbocycles. The van der Waals surface area contributed by atoms with Gasteiger partial charge in [-0.2, -0.15) is 13.2 Å². The Morgan fingerprint density at radius 2 is 1.89 bits per heavy atom. The van der Waals surface area contributed by atoms with Gasteiger partial charge in [0, 0.05) is 36.0 Å². The van der Waals surface area contributed by atoms with Crippen molar-refractivity contribution in [3.05, 3.63) is 36.0 Å². The molecule has 0 aliphatic carbocycles. The van der Waals surface area contributed by atoms with E-state index in [0.29, 0.717) is 17.8 Å². The van der Waals surface area contributed by atoms with Crippen molar-refractivity contribution in [2.24, 2.45) is 0 Å². The van der Waals surface area contributed by atoms with Crippen molar-refractivity contribution in [1.29, 1.82) is 0 Å². The number of fused-ring (bicyclic) bond motifs is 1. The van der Waals surface area contributed by atoms with Gasteiger partial charge in [0.1, 0.15) is 0 Å². The van der Waals surface area contributed by atoms with E-state index in [-0.39, 0.29) is 0 Å². The monoisotopic (exact) mass is 410 g/mol. The fourth-order valence-electron chi connectivity index (χ4n) is 3.46. The average Bonchev–Trinajstić information content (AvgIpc) is 2.67. The quantitative estimate of drug-likeness (QED) is 0.400. The topological polar surface area (TPSA) is 33.2 Å². The number of unbranched alkanes of at least 4 members (excludes halogenated alkanes) is 3. The summed E-state index contributed by atoms with van der Waals surface area (Å²) in [7, 11) is 0. The van der Waals surface area contributed by atoms with E-state index in [1.807, 2.05) is 11.0 Å². The van der Waals surface area contributed by atoms with Crippen LogP contribution in [0.5, 0.6) is 0 Å². The van der Waals surface area contributed by atoms with E-state index in [4.69, 9.17) is 0 Å². The maximum Gasteiger partial charge on any atom is 0.416 e. The lowest BCUT2D eigenvalue weighted by Gasteiger charge is -2.26. The molecule has 0 bridgehead atoms. The summed E-state index contributed by atoms with van der Waals surface area (Å²) in [6.45, 7) is 1.77. The molecule has 0 unspecified atom stereocenters. The Balaban J connectivity index is 1.42. The van der Waals surface area contributed by atoms with Gasteiger partial charge in [-0.25, -0.2) is 0 Å². The molecule has 2 heterocycles. The number of hydrogen-bond donors (Lipinski definition) is 0. The molecule has 0 spiro atoms. The van der Waals surface area contributed by atoms with E-state index in [2.05, 4.69) is 4.98 Å². The molecule has 152 valence electrons. The van der Waals surface area contributed by atoms with Crippen LogP contribution in [0.25, 0.3) is 10.9 Å². The maximum absolute atomic E-state index is 12.9. The van der Waals surface area contributed by atoms with Crippen molar-refractivity contribution >= 4 is 28.6 Å². The minimum absolute atomic E-state index is 0.292. The summed E-state index contributed by atoms with van der Waals surface area (Å²) in [5.74, 6) is 1.21. The largest absolute Gasteiger partial charge is 0.416 e. The van der Waals surface area contributed by atoms with E-state index in [9.17, 15) is 18.0 Å². The number of amides is 1. The molecule has 1 fully saturated rings. The fourth-order valence-corrected chi connectivity index (χ4v) is 4.52. The van der Waals surface area contributed by atoms with E-state index >= 15 is 0 Å². The molecule has 0 saturated carbocycles. The van der Waals surface area contributed by atoms with Crippen LogP contribution in [0.4, 0.5) is 13.2 Å². The normalized spacial score (nSPS) is 15.4. The molecule has 0 N–H and O–H groups in total.